The van der Waals surface area contributed by atoms with E-state index >= 15 is 0 Å². The lowest BCUT2D eigenvalue weighted by Gasteiger charge is -2.09. The van der Waals surface area contributed by atoms with Gasteiger partial charge in [0.05, 0.1) is 0 Å². The van der Waals surface area contributed by atoms with E-state index in [2.05, 4.69) is 15.5 Å². The van der Waals surface area contributed by atoms with Crippen LogP contribution in [0.2, 0.25) is 5.02 Å². The van der Waals surface area contributed by atoms with Gasteiger partial charge in [-0.05, 0) is 35.9 Å². The number of hydrogen-bond donors (Lipinski definition) is 1. The van der Waals surface area contributed by atoms with Gasteiger partial charge in [-0.2, -0.15) is 0 Å². The number of carboxylic acids is 1. The Morgan fingerprint density at radius 3 is 2.83 bits per heavy atom. The molecule has 0 amide bonds. The number of tetrazole rings is 1. The number of aryl methyl sites for hydroxylation is 1. The van der Waals surface area contributed by atoms with E-state index in [0.717, 1.165) is 5.56 Å². The van der Waals surface area contributed by atoms with Crippen LogP contribution < -0.4 is 0 Å². The molecule has 7 heteroatoms. The Bertz CT molecular complexity index is 596. The minimum Gasteiger partial charge on any atom is -0.480 e. The second kappa shape index (κ2) is 4.73. The van der Waals surface area contributed by atoms with Crippen molar-refractivity contribution in [2.24, 2.45) is 0 Å². The van der Waals surface area contributed by atoms with Gasteiger partial charge in [-0.3, -0.25) is 0 Å². The van der Waals surface area contributed by atoms with Crippen LogP contribution in [0.4, 0.5) is 0 Å². The maximum Gasteiger partial charge on any atom is 0.328 e. The van der Waals surface area contributed by atoms with E-state index in [1.807, 2.05) is 13.0 Å². The van der Waals surface area contributed by atoms with E-state index in [9.17, 15) is 4.79 Å². The number of benzene rings is 1. The second-order valence-electron chi connectivity index (χ2n) is 3.93. The van der Waals surface area contributed by atoms with Crippen molar-refractivity contribution in [1.29, 1.82) is 0 Å². The summed E-state index contributed by atoms with van der Waals surface area (Å²) in [7, 11) is 0. The van der Waals surface area contributed by atoms with Crippen molar-refractivity contribution in [3.63, 3.8) is 0 Å². The predicted octanol–water partition coefficient (Wildman–Crippen LogP) is 1.95. The topological polar surface area (TPSA) is 80.9 Å². The van der Waals surface area contributed by atoms with Crippen LogP contribution in [-0.2, 0) is 4.79 Å². The first-order valence-electron chi connectivity index (χ1n) is 5.28. The van der Waals surface area contributed by atoms with Crippen LogP contribution >= 0.6 is 11.6 Å². The summed E-state index contributed by atoms with van der Waals surface area (Å²) in [5.41, 5.74) is 1.62. The van der Waals surface area contributed by atoms with Crippen LogP contribution in [0.5, 0.6) is 0 Å². The van der Waals surface area contributed by atoms with E-state index in [-0.39, 0.29) is 0 Å². The smallest absolute Gasteiger partial charge is 0.328 e. The summed E-state index contributed by atoms with van der Waals surface area (Å²) in [6.45, 7) is 3.40. The molecule has 0 aliphatic carbocycles. The summed E-state index contributed by atoms with van der Waals surface area (Å²) in [4.78, 5) is 11.0. The number of aromatic nitrogens is 4. The lowest BCUT2D eigenvalue weighted by atomic mass is 10.1. The summed E-state index contributed by atoms with van der Waals surface area (Å²) in [6, 6.07) is 4.52. The molecule has 0 aliphatic rings. The molecule has 18 heavy (non-hydrogen) atoms. The van der Waals surface area contributed by atoms with Crippen LogP contribution in [0.25, 0.3) is 11.4 Å². The van der Waals surface area contributed by atoms with Gasteiger partial charge in [-0.15, -0.1) is 5.10 Å². The molecule has 0 bridgehead atoms. The third-order valence-corrected chi connectivity index (χ3v) is 3.05. The molecule has 94 valence electrons. The highest BCUT2D eigenvalue weighted by atomic mass is 35.5. The van der Waals surface area contributed by atoms with E-state index in [4.69, 9.17) is 16.7 Å². The largest absolute Gasteiger partial charge is 0.480 e. The molecule has 0 radical (unpaired) electrons. The van der Waals surface area contributed by atoms with Gasteiger partial charge in [0, 0.05) is 10.6 Å². The lowest BCUT2D eigenvalue weighted by Crippen LogP contribution is -2.18. The summed E-state index contributed by atoms with van der Waals surface area (Å²) >= 11 is 6.03. The quantitative estimate of drug-likeness (QED) is 0.918. The standard InChI is InChI=1S/C11H11ClN4O2/c1-6-3-4-8(5-9(6)12)10-13-14-15-16(10)7(2)11(17)18/h3-5,7H,1-2H3,(H,17,18). The average molecular weight is 267 g/mol. The first kappa shape index (κ1) is 12.5. The molecule has 0 spiro atoms. The zero-order chi connectivity index (χ0) is 13.3. The first-order valence-corrected chi connectivity index (χ1v) is 5.65. The van der Waals surface area contributed by atoms with Gasteiger partial charge in [0.2, 0.25) is 0 Å². The van der Waals surface area contributed by atoms with Gasteiger partial charge in [0.1, 0.15) is 0 Å². The number of halogens is 1. The number of aliphatic carboxylic acids is 1. The fourth-order valence-electron chi connectivity index (χ4n) is 1.48. The Morgan fingerprint density at radius 1 is 1.50 bits per heavy atom. The van der Waals surface area contributed by atoms with Gasteiger partial charge in [-0.25, -0.2) is 9.48 Å². The van der Waals surface area contributed by atoms with Crippen molar-refractivity contribution in [2.45, 2.75) is 19.9 Å². The molecule has 0 fully saturated rings. The van der Waals surface area contributed by atoms with E-state index < -0.39 is 12.0 Å². The molecule has 0 aliphatic heterocycles. The molecule has 0 saturated carbocycles. The number of hydrogen-bond acceptors (Lipinski definition) is 4. The Hall–Kier alpha value is -1.95. The van der Waals surface area contributed by atoms with Crippen molar-refractivity contribution >= 4 is 17.6 Å². The van der Waals surface area contributed by atoms with Crippen molar-refractivity contribution in [1.82, 2.24) is 20.2 Å². The highest BCUT2D eigenvalue weighted by Gasteiger charge is 2.20. The van der Waals surface area contributed by atoms with E-state index in [1.165, 1.54) is 11.6 Å². The number of carboxylic acid groups (broad SMARTS) is 1. The van der Waals surface area contributed by atoms with Gasteiger partial charge in [-0.1, -0.05) is 23.7 Å². The minimum absolute atomic E-state index is 0.381. The van der Waals surface area contributed by atoms with Gasteiger partial charge in [0.25, 0.3) is 0 Å². The third kappa shape index (κ3) is 2.19. The maximum atomic E-state index is 11.0. The first-order chi connectivity index (χ1) is 8.50. The fourth-order valence-corrected chi connectivity index (χ4v) is 1.66. The van der Waals surface area contributed by atoms with Crippen LogP contribution in [-0.4, -0.2) is 31.3 Å². The summed E-state index contributed by atoms with van der Waals surface area (Å²) in [5, 5.41) is 20.6. The molecule has 1 heterocycles. The van der Waals surface area contributed by atoms with Crippen molar-refractivity contribution in [3.8, 4) is 11.4 Å². The average Bonchev–Trinajstić information content (AvgIpc) is 2.80. The molecule has 6 nitrogen and oxygen atoms in total. The Kier molecular flexibility index (Phi) is 3.29. The van der Waals surface area contributed by atoms with Crippen molar-refractivity contribution < 1.29 is 9.90 Å². The molecule has 1 atom stereocenters. The van der Waals surface area contributed by atoms with Gasteiger partial charge >= 0.3 is 5.97 Å². The number of rotatable bonds is 3. The molecule has 1 aromatic carbocycles. The highest BCUT2D eigenvalue weighted by molar-refractivity contribution is 6.31. The molecule has 1 unspecified atom stereocenters. The van der Waals surface area contributed by atoms with Crippen molar-refractivity contribution in [2.75, 3.05) is 0 Å². The zero-order valence-corrected chi connectivity index (χ0v) is 10.6. The van der Waals surface area contributed by atoms with E-state index in [1.54, 1.807) is 12.1 Å². The predicted molar refractivity (Wildman–Crippen MR) is 65.3 cm³/mol. The normalized spacial score (nSPS) is 12.4. The molecule has 1 N–H and O–H groups in total. The van der Waals surface area contributed by atoms with Gasteiger partial charge < -0.3 is 5.11 Å². The van der Waals surface area contributed by atoms with E-state index in [0.29, 0.717) is 16.4 Å². The number of carbonyl (C=O) groups is 1. The molecular weight excluding hydrogens is 256 g/mol. The summed E-state index contributed by atoms with van der Waals surface area (Å²) < 4.78 is 1.25. The Balaban J connectivity index is 2.48. The molecule has 2 rings (SSSR count). The van der Waals surface area contributed by atoms with Crippen molar-refractivity contribution in [3.05, 3.63) is 28.8 Å². The van der Waals surface area contributed by atoms with Gasteiger partial charge in [0.15, 0.2) is 11.9 Å². The number of nitrogens with zero attached hydrogens (tertiary/aromatic N) is 4. The minimum atomic E-state index is -0.998. The third-order valence-electron chi connectivity index (χ3n) is 2.65. The SMILES string of the molecule is Cc1ccc(-c2nnnn2C(C)C(=O)O)cc1Cl. The molecule has 0 saturated heterocycles. The summed E-state index contributed by atoms with van der Waals surface area (Å²) in [6.07, 6.45) is 0. The molecule has 2 aromatic rings. The Morgan fingerprint density at radius 2 is 2.22 bits per heavy atom. The Labute approximate surface area is 108 Å². The lowest BCUT2D eigenvalue weighted by molar-refractivity contribution is -0.140. The molecule has 1 aromatic heterocycles. The summed E-state index contributed by atoms with van der Waals surface area (Å²) in [5.74, 6) is -0.617. The zero-order valence-electron chi connectivity index (χ0n) is 9.83. The molecular formula is C11H11ClN4O2. The van der Waals surface area contributed by atoms with Crippen LogP contribution in [0, 0.1) is 6.92 Å². The van der Waals surface area contributed by atoms with Crippen LogP contribution in [0.3, 0.4) is 0 Å². The highest BCUT2D eigenvalue weighted by Crippen LogP contribution is 2.24. The maximum absolute atomic E-state index is 11.0. The second-order valence-corrected chi connectivity index (χ2v) is 4.33. The van der Waals surface area contributed by atoms with Crippen LogP contribution in [0.1, 0.15) is 18.5 Å². The fraction of sp³-hybridized carbons (Fsp3) is 0.273. The van der Waals surface area contributed by atoms with Crippen LogP contribution in [0.15, 0.2) is 18.2 Å². The monoisotopic (exact) mass is 266 g/mol.